The molecule has 3 N–H and O–H groups in total. The number of furan rings is 1. The highest BCUT2D eigenvalue weighted by Gasteiger charge is 2.23. The average Bonchev–Trinajstić information content (AvgIpc) is 3.36. The van der Waals surface area contributed by atoms with Crippen LogP contribution < -0.4 is 21.5 Å². The van der Waals surface area contributed by atoms with Crippen molar-refractivity contribution in [2.24, 2.45) is 0 Å². The Morgan fingerprint density at radius 1 is 0.781 bits per heavy atom. The van der Waals surface area contributed by atoms with E-state index < -0.39 is 22.5 Å². The Labute approximate surface area is 177 Å². The number of aromatic amines is 1. The summed E-state index contributed by atoms with van der Waals surface area (Å²) >= 11 is 0. The van der Waals surface area contributed by atoms with Gasteiger partial charge in [-0.25, -0.2) is 8.78 Å². The molecule has 2 aromatic heterocycles. The first kappa shape index (κ1) is 18.3. The van der Waals surface area contributed by atoms with Gasteiger partial charge in [0.2, 0.25) is 0 Å². The summed E-state index contributed by atoms with van der Waals surface area (Å²) in [4.78, 5) is 24.4. The van der Waals surface area contributed by atoms with Crippen LogP contribution in [0.2, 0.25) is 0 Å². The van der Waals surface area contributed by atoms with Gasteiger partial charge in [-0.15, -0.1) is 0 Å². The minimum atomic E-state index is -1.05. The number of anilines is 4. The molecule has 2 heterocycles. The van der Waals surface area contributed by atoms with Crippen molar-refractivity contribution in [1.29, 1.82) is 0 Å². The van der Waals surface area contributed by atoms with Crippen molar-refractivity contribution in [3.05, 3.63) is 86.7 Å². The first-order valence-electron chi connectivity index (χ1n) is 9.61. The fourth-order valence-corrected chi connectivity index (χ4v) is 3.80. The first-order chi connectivity index (χ1) is 15.5. The van der Waals surface area contributed by atoms with Crippen LogP contribution in [0.15, 0.2) is 68.6 Å². The van der Waals surface area contributed by atoms with Crippen molar-refractivity contribution in [2.45, 2.75) is 0 Å². The Morgan fingerprint density at radius 2 is 1.50 bits per heavy atom. The van der Waals surface area contributed by atoms with Crippen LogP contribution in [0.4, 0.5) is 31.7 Å². The van der Waals surface area contributed by atoms with E-state index in [0.29, 0.717) is 11.3 Å². The molecule has 0 radical (unpaired) electrons. The highest BCUT2D eigenvalue weighted by Crippen LogP contribution is 2.33. The second-order valence-electron chi connectivity index (χ2n) is 7.35. The maximum absolute atomic E-state index is 13.7. The van der Waals surface area contributed by atoms with E-state index in [9.17, 15) is 18.4 Å². The molecule has 0 aliphatic carbocycles. The maximum Gasteiger partial charge on any atom is 0.253 e. The standard InChI is InChI=1S/C23H12F2N4O3/c24-14-8-13-16(9-15(14)25)28-29-23(13)27-20-19(21(30)22(20)31)26-10-5-6-18-12(7-10)11-3-1-2-4-17(11)32-18/h1-9,26H,(H2,27,28,29). The molecule has 0 aliphatic heterocycles. The van der Waals surface area contributed by atoms with Gasteiger partial charge in [0, 0.05) is 27.9 Å². The van der Waals surface area contributed by atoms with Crippen LogP contribution in [0.1, 0.15) is 0 Å². The SMILES string of the molecule is O=c1c(Nc2ccc3oc4ccccc4c3c2)c(Nc2n[nH]c3cc(F)c(F)cc23)c1=O. The van der Waals surface area contributed by atoms with Gasteiger partial charge in [0.15, 0.2) is 17.5 Å². The van der Waals surface area contributed by atoms with Crippen LogP contribution in [-0.4, -0.2) is 10.2 Å². The Bertz CT molecular complexity index is 1760. The molecule has 0 saturated heterocycles. The summed E-state index contributed by atoms with van der Waals surface area (Å²) < 4.78 is 32.9. The molecule has 156 valence electrons. The van der Waals surface area contributed by atoms with Gasteiger partial charge < -0.3 is 15.1 Å². The minimum absolute atomic E-state index is 0.00900. The highest BCUT2D eigenvalue weighted by atomic mass is 19.2. The van der Waals surface area contributed by atoms with Gasteiger partial charge in [0.05, 0.1) is 5.52 Å². The molecular formula is C23H12F2N4O3. The summed E-state index contributed by atoms with van der Waals surface area (Å²) in [5, 5.41) is 14.3. The number of nitrogens with zero attached hydrogens (tertiary/aromatic N) is 1. The van der Waals surface area contributed by atoms with Crippen molar-refractivity contribution >= 4 is 55.7 Å². The van der Waals surface area contributed by atoms with Crippen molar-refractivity contribution in [3.63, 3.8) is 0 Å². The van der Waals surface area contributed by atoms with E-state index in [1.54, 1.807) is 12.1 Å². The zero-order chi connectivity index (χ0) is 22.0. The number of para-hydroxylation sites is 1. The third-order valence-corrected chi connectivity index (χ3v) is 5.40. The molecule has 0 unspecified atom stereocenters. The zero-order valence-electron chi connectivity index (χ0n) is 16.1. The van der Waals surface area contributed by atoms with E-state index in [2.05, 4.69) is 20.8 Å². The van der Waals surface area contributed by atoms with E-state index in [-0.39, 0.29) is 28.1 Å². The molecule has 0 bridgehead atoms. The molecule has 7 nitrogen and oxygen atoms in total. The molecule has 0 atom stereocenters. The zero-order valence-corrected chi connectivity index (χ0v) is 16.1. The third-order valence-electron chi connectivity index (χ3n) is 5.40. The summed E-state index contributed by atoms with van der Waals surface area (Å²) in [6.45, 7) is 0. The number of H-pyrrole nitrogens is 1. The first-order valence-corrected chi connectivity index (χ1v) is 9.61. The molecule has 0 saturated carbocycles. The molecule has 4 aromatic carbocycles. The molecule has 0 fully saturated rings. The van der Waals surface area contributed by atoms with Crippen molar-refractivity contribution < 1.29 is 13.2 Å². The number of hydrogen-bond donors (Lipinski definition) is 3. The fraction of sp³-hybridized carbons (Fsp3) is 0. The quantitative estimate of drug-likeness (QED) is 0.347. The van der Waals surface area contributed by atoms with Crippen LogP contribution in [-0.2, 0) is 0 Å². The van der Waals surface area contributed by atoms with E-state index in [1.807, 2.05) is 30.3 Å². The molecule has 32 heavy (non-hydrogen) atoms. The van der Waals surface area contributed by atoms with Crippen LogP contribution in [0.3, 0.4) is 0 Å². The third kappa shape index (κ3) is 2.61. The van der Waals surface area contributed by atoms with Gasteiger partial charge in [0.1, 0.15) is 22.5 Å². The summed E-state index contributed by atoms with van der Waals surface area (Å²) in [6.07, 6.45) is 0. The van der Waals surface area contributed by atoms with Gasteiger partial charge in [-0.05, 0) is 30.3 Å². The molecule has 6 rings (SSSR count). The molecule has 6 aromatic rings. The number of halogens is 2. The van der Waals surface area contributed by atoms with Gasteiger partial charge in [-0.3, -0.25) is 14.7 Å². The van der Waals surface area contributed by atoms with E-state index in [0.717, 1.165) is 28.5 Å². The van der Waals surface area contributed by atoms with Crippen molar-refractivity contribution in [3.8, 4) is 0 Å². The van der Waals surface area contributed by atoms with E-state index in [1.165, 1.54) is 0 Å². The minimum Gasteiger partial charge on any atom is -0.456 e. The summed E-state index contributed by atoms with van der Waals surface area (Å²) in [5.74, 6) is -1.97. The molecule has 9 heteroatoms. The van der Waals surface area contributed by atoms with Crippen LogP contribution in [0, 0.1) is 11.6 Å². The van der Waals surface area contributed by atoms with Crippen molar-refractivity contribution in [1.82, 2.24) is 10.2 Å². The number of hydrogen-bond acceptors (Lipinski definition) is 6. The van der Waals surface area contributed by atoms with Gasteiger partial charge in [-0.2, -0.15) is 5.10 Å². The van der Waals surface area contributed by atoms with Crippen LogP contribution in [0.25, 0.3) is 32.8 Å². The Hall–Kier alpha value is -4.53. The molecule has 0 aliphatic rings. The van der Waals surface area contributed by atoms with E-state index >= 15 is 0 Å². The lowest BCUT2D eigenvalue weighted by Crippen LogP contribution is -2.35. The number of fused-ring (bicyclic) bond motifs is 4. The Balaban J connectivity index is 1.37. The lowest BCUT2D eigenvalue weighted by Gasteiger charge is -2.14. The predicted octanol–water partition coefficient (Wildman–Crippen LogP) is 4.82. The normalized spacial score (nSPS) is 11.7. The average molecular weight is 430 g/mol. The maximum atomic E-state index is 13.7. The fourth-order valence-electron chi connectivity index (χ4n) is 3.80. The van der Waals surface area contributed by atoms with E-state index in [4.69, 9.17) is 4.42 Å². The largest absolute Gasteiger partial charge is 0.456 e. The number of benzene rings is 3. The van der Waals surface area contributed by atoms with Crippen LogP contribution >= 0.6 is 0 Å². The summed E-state index contributed by atoms with van der Waals surface area (Å²) in [5.41, 5.74) is 0.882. The van der Waals surface area contributed by atoms with Crippen LogP contribution in [0.5, 0.6) is 0 Å². The predicted molar refractivity (Wildman–Crippen MR) is 118 cm³/mol. The highest BCUT2D eigenvalue weighted by molar-refractivity contribution is 6.06. The molecule has 0 spiro atoms. The van der Waals surface area contributed by atoms with Gasteiger partial charge in [-0.1, -0.05) is 18.2 Å². The lowest BCUT2D eigenvalue weighted by atomic mass is 10.1. The smallest absolute Gasteiger partial charge is 0.253 e. The van der Waals surface area contributed by atoms with Gasteiger partial charge in [0.25, 0.3) is 10.9 Å². The lowest BCUT2D eigenvalue weighted by molar-refractivity contribution is 0.511. The Kier molecular flexibility index (Phi) is 3.70. The second-order valence-corrected chi connectivity index (χ2v) is 7.35. The number of nitrogens with one attached hydrogen (secondary N) is 3. The summed E-state index contributed by atoms with van der Waals surface area (Å²) in [7, 11) is 0. The monoisotopic (exact) mass is 430 g/mol. The van der Waals surface area contributed by atoms with Crippen molar-refractivity contribution in [2.75, 3.05) is 10.6 Å². The summed E-state index contributed by atoms with van der Waals surface area (Å²) in [6, 6.07) is 14.8. The Morgan fingerprint density at radius 3 is 2.34 bits per heavy atom. The number of rotatable bonds is 4. The number of aromatic nitrogens is 2. The van der Waals surface area contributed by atoms with Gasteiger partial charge >= 0.3 is 0 Å². The molecular weight excluding hydrogens is 418 g/mol. The second kappa shape index (κ2) is 6.48. The molecule has 0 amide bonds. The topological polar surface area (TPSA) is 100 Å².